The third-order valence-corrected chi connectivity index (χ3v) is 4.29. The van der Waals surface area contributed by atoms with E-state index in [0.717, 1.165) is 22.0 Å². The second kappa shape index (κ2) is 6.48. The topological polar surface area (TPSA) is 78.8 Å². The summed E-state index contributed by atoms with van der Waals surface area (Å²) in [5, 5.41) is 16.7. The number of hydrogen-bond acceptors (Lipinski definition) is 5. The van der Waals surface area contributed by atoms with Crippen molar-refractivity contribution >= 4 is 17.4 Å². The number of non-ortho nitro benzene ring substituents is 1. The summed E-state index contributed by atoms with van der Waals surface area (Å²) >= 11 is 1.54. The Morgan fingerprint density at radius 2 is 2.12 bits per heavy atom. The number of hydrogen-bond donors (Lipinski definition) is 0. The van der Waals surface area contributed by atoms with Crippen molar-refractivity contribution < 1.29 is 4.92 Å². The Hall–Kier alpha value is -2.61. The van der Waals surface area contributed by atoms with Crippen LogP contribution < -0.4 is 0 Å². The molecule has 0 radical (unpaired) electrons. The van der Waals surface area contributed by atoms with Crippen molar-refractivity contribution in [1.82, 2.24) is 19.3 Å². The van der Waals surface area contributed by atoms with Crippen LogP contribution >= 0.6 is 11.8 Å². The highest BCUT2D eigenvalue weighted by Crippen LogP contribution is 2.36. The Bertz CT molecular complexity index is 871. The first kappa shape index (κ1) is 16.3. The molecular formula is C16H17N5O2S. The van der Waals surface area contributed by atoms with Crippen LogP contribution in [0.4, 0.5) is 5.69 Å². The second-order valence-corrected chi connectivity index (χ2v) is 6.32. The van der Waals surface area contributed by atoms with Gasteiger partial charge in [-0.2, -0.15) is 5.10 Å². The first-order valence-electron chi connectivity index (χ1n) is 7.42. The lowest BCUT2D eigenvalue weighted by molar-refractivity contribution is -0.384. The summed E-state index contributed by atoms with van der Waals surface area (Å²) in [6, 6.07) is 6.75. The van der Waals surface area contributed by atoms with Crippen LogP contribution in [0, 0.1) is 10.1 Å². The van der Waals surface area contributed by atoms with Crippen LogP contribution in [0.2, 0.25) is 0 Å². The molecule has 2 aromatic heterocycles. The summed E-state index contributed by atoms with van der Waals surface area (Å²) in [4.78, 5) is 14.9. The van der Waals surface area contributed by atoms with Crippen molar-refractivity contribution in [2.75, 3.05) is 6.26 Å². The van der Waals surface area contributed by atoms with E-state index in [1.165, 1.54) is 17.8 Å². The highest BCUT2D eigenvalue weighted by molar-refractivity contribution is 7.98. The average Bonchev–Trinajstić information content (AvgIpc) is 3.21. The first-order chi connectivity index (χ1) is 11.5. The van der Waals surface area contributed by atoms with Crippen LogP contribution in [0.15, 0.2) is 48.0 Å². The highest BCUT2D eigenvalue weighted by atomic mass is 32.2. The first-order valence-corrected chi connectivity index (χ1v) is 8.65. The van der Waals surface area contributed by atoms with Gasteiger partial charge in [0.25, 0.3) is 5.69 Å². The van der Waals surface area contributed by atoms with Crippen molar-refractivity contribution in [3.63, 3.8) is 0 Å². The molecule has 3 rings (SSSR count). The largest absolute Gasteiger partial charge is 0.302 e. The molecule has 0 aliphatic heterocycles. The Morgan fingerprint density at radius 1 is 1.33 bits per heavy atom. The van der Waals surface area contributed by atoms with Crippen LogP contribution in [0.3, 0.4) is 0 Å². The van der Waals surface area contributed by atoms with E-state index >= 15 is 0 Å². The van der Waals surface area contributed by atoms with E-state index in [1.54, 1.807) is 24.7 Å². The molecule has 0 aliphatic rings. The van der Waals surface area contributed by atoms with Gasteiger partial charge in [-0.15, -0.1) is 11.8 Å². The van der Waals surface area contributed by atoms with Gasteiger partial charge in [-0.05, 0) is 20.1 Å². The van der Waals surface area contributed by atoms with E-state index in [-0.39, 0.29) is 16.7 Å². The van der Waals surface area contributed by atoms with E-state index in [1.807, 2.05) is 41.6 Å². The number of aromatic nitrogens is 4. The molecule has 8 heteroatoms. The van der Waals surface area contributed by atoms with Crippen molar-refractivity contribution in [3.8, 4) is 16.9 Å². The number of nitro benzene ring substituents is 1. The Morgan fingerprint density at radius 3 is 2.71 bits per heavy atom. The molecule has 0 N–H and O–H groups in total. The minimum atomic E-state index is -0.383. The van der Waals surface area contributed by atoms with Gasteiger partial charge < -0.3 is 4.57 Å². The lowest BCUT2D eigenvalue weighted by Gasteiger charge is -2.13. The highest BCUT2D eigenvalue weighted by Gasteiger charge is 2.23. The molecule has 0 fully saturated rings. The molecule has 124 valence electrons. The summed E-state index contributed by atoms with van der Waals surface area (Å²) in [6.45, 7) is 4.07. The van der Waals surface area contributed by atoms with Gasteiger partial charge in [0, 0.05) is 36.1 Å². The molecular weight excluding hydrogens is 326 g/mol. The SMILES string of the molecule is CSc1nn(C(C)C)c(-c2cccc([N+](=O)[O-])c2)c1-n1ccnc1. The average molecular weight is 343 g/mol. The third-order valence-electron chi connectivity index (χ3n) is 3.63. The van der Waals surface area contributed by atoms with Gasteiger partial charge >= 0.3 is 0 Å². The number of nitrogens with zero attached hydrogens (tertiary/aromatic N) is 5. The van der Waals surface area contributed by atoms with Gasteiger partial charge in [0.2, 0.25) is 0 Å². The fraction of sp³-hybridized carbons (Fsp3) is 0.250. The van der Waals surface area contributed by atoms with Crippen LogP contribution in [0.25, 0.3) is 16.9 Å². The van der Waals surface area contributed by atoms with Crippen LogP contribution in [-0.2, 0) is 0 Å². The summed E-state index contributed by atoms with van der Waals surface area (Å²) in [6.07, 6.45) is 7.23. The minimum Gasteiger partial charge on any atom is -0.302 e. The van der Waals surface area contributed by atoms with Crippen molar-refractivity contribution in [3.05, 3.63) is 53.1 Å². The Balaban J connectivity index is 2.31. The molecule has 0 bridgehead atoms. The van der Waals surface area contributed by atoms with Crippen molar-refractivity contribution in [2.45, 2.75) is 24.9 Å². The quantitative estimate of drug-likeness (QED) is 0.398. The molecule has 0 aliphatic carbocycles. The van der Waals surface area contributed by atoms with Gasteiger partial charge in [-0.1, -0.05) is 12.1 Å². The zero-order valence-electron chi connectivity index (χ0n) is 13.6. The zero-order chi connectivity index (χ0) is 17.3. The third kappa shape index (κ3) is 2.80. The maximum atomic E-state index is 11.1. The molecule has 0 atom stereocenters. The van der Waals surface area contributed by atoms with Crippen LogP contribution in [0.1, 0.15) is 19.9 Å². The Kier molecular flexibility index (Phi) is 4.39. The fourth-order valence-electron chi connectivity index (χ4n) is 2.58. The van der Waals surface area contributed by atoms with Gasteiger partial charge in [0.1, 0.15) is 10.7 Å². The predicted octanol–water partition coefficient (Wildman–Crippen LogP) is 3.95. The minimum absolute atomic E-state index is 0.0614. The summed E-state index contributed by atoms with van der Waals surface area (Å²) in [5.74, 6) is 0. The number of imidazole rings is 1. The smallest absolute Gasteiger partial charge is 0.270 e. The van der Waals surface area contributed by atoms with Gasteiger partial charge in [0.05, 0.1) is 16.9 Å². The van der Waals surface area contributed by atoms with Crippen molar-refractivity contribution in [2.24, 2.45) is 0 Å². The molecule has 0 saturated carbocycles. The molecule has 0 saturated heterocycles. The van der Waals surface area contributed by atoms with E-state index < -0.39 is 0 Å². The maximum Gasteiger partial charge on any atom is 0.270 e. The monoisotopic (exact) mass is 343 g/mol. The van der Waals surface area contributed by atoms with E-state index in [0.29, 0.717) is 0 Å². The molecule has 0 spiro atoms. The lowest BCUT2D eigenvalue weighted by Crippen LogP contribution is -2.06. The van der Waals surface area contributed by atoms with E-state index in [4.69, 9.17) is 5.10 Å². The Labute approximate surface area is 143 Å². The van der Waals surface area contributed by atoms with Gasteiger partial charge in [-0.3, -0.25) is 14.8 Å². The number of benzene rings is 1. The number of thioether (sulfide) groups is 1. The molecule has 1 aromatic carbocycles. The van der Waals surface area contributed by atoms with Crippen molar-refractivity contribution in [1.29, 1.82) is 0 Å². The summed E-state index contributed by atoms with van der Waals surface area (Å²) in [7, 11) is 0. The molecule has 7 nitrogen and oxygen atoms in total. The lowest BCUT2D eigenvalue weighted by atomic mass is 10.1. The van der Waals surface area contributed by atoms with Crippen LogP contribution in [-0.4, -0.2) is 30.5 Å². The van der Waals surface area contributed by atoms with E-state index in [9.17, 15) is 10.1 Å². The normalized spacial score (nSPS) is 11.2. The second-order valence-electron chi connectivity index (χ2n) is 5.52. The zero-order valence-corrected chi connectivity index (χ0v) is 14.4. The number of nitro groups is 1. The molecule has 2 heterocycles. The van der Waals surface area contributed by atoms with Gasteiger partial charge in [-0.25, -0.2) is 4.98 Å². The number of rotatable bonds is 5. The summed E-state index contributed by atoms with van der Waals surface area (Å²) < 4.78 is 3.80. The van der Waals surface area contributed by atoms with E-state index in [2.05, 4.69) is 4.98 Å². The standard InChI is InChI=1S/C16H17N5O2S/c1-11(2)20-14(12-5-4-6-13(9-12)21(22)23)15(16(18-20)24-3)19-8-7-17-10-19/h4-11H,1-3H3. The predicted molar refractivity (Wildman–Crippen MR) is 93.6 cm³/mol. The van der Waals surface area contributed by atoms with Crippen LogP contribution in [0.5, 0.6) is 0 Å². The molecule has 3 aromatic rings. The fourth-order valence-corrected chi connectivity index (χ4v) is 3.14. The molecule has 24 heavy (non-hydrogen) atoms. The maximum absolute atomic E-state index is 11.1. The molecule has 0 amide bonds. The molecule has 0 unspecified atom stereocenters. The van der Waals surface area contributed by atoms with Gasteiger partial charge in [0.15, 0.2) is 0 Å². The summed E-state index contributed by atoms with van der Waals surface area (Å²) in [5.41, 5.74) is 2.55.